The Bertz CT molecular complexity index is 858. The molecule has 0 spiro atoms. The molecule has 1 N–H and O–H groups in total. The summed E-state index contributed by atoms with van der Waals surface area (Å²) in [4.78, 5) is 13.3. The van der Waals surface area contributed by atoms with Gasteiger partial charge in [-0.3, -0.25) is 0 Å². The van der Waals surface area contributed by atoms with Crippen LogP contribution in [0.3, 0.4) is 0 Å². The normalized spacial score (nSPS) is 15.6. The summed E-state index contributed by atoms with van der Waals surface area (Å²) in [7, 11) is 0. The topological polar surface area (TPSA) is 60.6 Å². The second kappa shape index (κ2) is 7.48. The number of nitrogens with one attached hydrogen (secondary N) is 1. The van der Waals surface area contributed by atoms with Crippen LogP contribution < -0.4 is 5.32 Å². The van der Waals surface area contributed by atoms with Crippen molar-refractivity contribution >= 4 is 16.9 Å². The van der Waals surface area contributed by atoms with Gasteiger partial charge in [-0.1, -0.05) is 19.3 Å². The molecule has 0 radical (unpaired) electrons. The van der Waals surface area contributed by atoms with Crippen LogP contribution in [-0.2, 0) is 6.54 Å². The van der Waals surface area contributed by atoms with Crippen molar-refractivity contribution in [3.05, 3.63) is 36.3 Å². The van der Waals surface area contributed by atoms with E-state index in [9.17, 15) is 0 Å². The first-order valence-electron chi connectivity index (χ1n) is 9.77. The van der Waals surface area contributed by atoms with E-state index in [1.807, 2.05) is 18.7 Å². The SMILES string of the molecule is Cc1c(C)n(C2CCCCC2)c2ncnc(NCCCn3ccnc3)c12. The van der Waals surface area contributed by atoms with Gasteiger partial charge in [0.1, 0.15) is 17.8 Å². The largest absolute Gasteiger partial charge is 0.369 e. The highest BCUT2D eigenvalue weighted by atomic mass is 15.1. The van der Waals surface area contributed by atoms with Crippen molar-refractivity contribution in [1.29, 1.82) is 0 Å². The van der Waals surface area contributed by atoms with Crippen LogP contribution in [0, 0.1) is 13.8 Å². The van der Waals surface area contributed by atoms with E-state index in [-0.39, 0.29) is 0 Å². The maximum atomic E-state index is 4.67. The van der Waals surface area contributed by atoms with Crippen LogP contribution in [-0.4, -0.2) is 30.6 Å². The van der Waals surface area contributed by atoms with E-state index < -0.39 is 0 Å². The van der Waals surface area contributed by atoms with Crippen LogP contribution in [0.1, 0.15) is 55.8 Å². The molecule has 0 atom stereocenters. The van der Waals surface area contributed by atoms with E-state index in [4.69, 9.17) is 0 Å². The Balaban J connectivity index is 1.55. The summed E-state index contributed by atoms with van der Waals surface area (Å²) in [5.41, 5.74) is 3.75. The Kier molecular flexibility index (Phi) is 4.91. The van der Waals surface area contributed by atoms with Crippen molar-refractivity contribution in [1.82, 2.24) is 24.1 Å². The van der Waals surface area contributed by atoms with E-state index in [1.165, 1.54) is 48.7 Å². The molecule has 1 saturated carbocycles. The molecule has 0 aromatic carbocycles. The quantitative estimate of drug-likeness (QED) is 0.674. The van der Waals surface area contributed by atoms with Crippen LogP contribution in [0.25, 0.3) is 11.0 Å². The summed E-state index contributed by atoms with van der Waals surface area (Å²) in [5.74, 6) is 0.968. The molecule has 138 valence electrons. The van der Waals surface area contributed by atoms with Gasteiger partial charge < -0.3 is 14.5 Å². The van der Waals surface area contributed by atoms with Crippen molar-refractivity contribution < 1.29 is 0 Å². The average molecular weight is 352 g/mol. The summed E-state index contributed by atoms with van der Waals surface area (Å²) in [6, 6.07) is 0.587. The fraction of sp³-hybridized carbons (Fsp3) is 0.550. The third-order valence-electron chi connectivity index (χ3n) is 5.72. The van der Waals surface area contributed by atoms with E-state index in [2.05, 4.69) is 43.3 Å². The molecule has 26 heavy (non-hydrogen) atoms. The maximum absolute atomic E-state index is 4.67. The lowest BCUT2D eigenvalue weighted by molar-refractivity contribution is 0.355. The van der Waals surface area contributed by atoms with Gasteiger partial charge in [-0.15, -0.1) is 0 Å². The highest BCUT2D eigenvalue weighted by molar-refractivity contribution is 5.92. The van der Waals surface area contributed by atoms with Crippen molar-refractivity contribution in [2.45, 2.75) is 65.0 Å². The summed E-state index contributed by atoms with van der Waals surface area (Å²) in [6.45, 7) is 6.28. The van der Waals surface area contributed by atoms with Crippen LogP contribution in [0.5, 0.6) is 0 Å². The van der Waals surface area contributed by atoms with Gasteiger partial charge >= 0.3 is 0 Å². The highest BCUT2D eigenvalue weighted by Crippen LogP contribution is 2.36. The Labute approximate surface area is 154 Å². The van der Waals surface area contributed by atoms with Crippen molar-refractivity contribution in [2.75, 3.05) is 11.9 Å². The highest BCUT2D eigenvalue weighted by Gasteiger charge is 2.23. The minimum absolute atomic E-state index is 0.587. The second-order valence-electron chi connectivity index (χ2n) is 7.37. The molecule has 1 aliphatic carbocycles. The zero-order valence-corrected chi connectivity index (χ0v) is 15.8. The third kappa shape index (κ3) is 3.20. The maximum Gasteiger partial charge on any atom is 0.146 e. The van der Waals surface area contributed by atoms with E-state index in [0.29, 0.717) is 6.04 Å². The number of rotatable bonds is 6. The van der Waals surface area contributed by atoms with Gasteiger partial charge in [0.25, 0.3) is 0 Å². The molecule has 0 unspecified atom stereocenters. The molecule has 4 rings (SSSR count). The Hall–Kier alpha value is -2.37. The first-order chi connectivity index (χ1) is 12.8. The number of fused-ring (bicyclic) bond motifs is 1. The lowest BCUT2D eigenvalue weighted by Gasteiger charge is -2.25. The number of anilines is 1. The lowest BCUT2D eigenvalue weighted by Crippen LogP contribution is -2.14. The molecule has 0 amide bonds. The number of imidazole rings is 1. The fourth-order valence-corrected chi connectivity index (χ4v) is 4.23. The molecule has 0 aliphatic heterocycles. The molecule has 1 aliphatic rings. The number of hydrogen-bond donors (Lipinski definition) is 1. The summed E-state index contributed by atoms with van der Waals surface area (Å²) in [6.07, 6.45) is 15.0. The predicted octanol–water partition coefficient (Wildman–Crippen LogP) is 4.25. The molecule has 0 saturated heterocycles. The van der Waals surface area contributed by atoms with E-state index >= 15 is 0 Å². The molecule has 3 aromatic rings. The lowest BCUT2D eigenvalue weighted by atomic mass is 9.95. The predicted molar refractivity (Wildman–Crippen MR) is 104 cm³/mol. The molecule has 3 aromatic heterocycles. The number of aromatic nitrogens is 5. The van der Waals surface area contributed by atoms with Crippen molar-refractivity contribution in [2.24, 2.45) is 0 Å². The number of nitrogens with zero attached hydrogens (tertiary/aromatic N) is 5. The zero-order valence-electron chi connectivity index (χ0n) is 15.8. The average Bonchev–Trinajstić information content (AvgIpc) is 3.27. The summed E-state index contributed by atoms with van der Waals surface area (Å²) >= 11 is 0. The summed E-state index contributed by atoms with van der Waals surface area (Å²) < 4.78 is 4.58. The van der Waals surface area contributed by atoms with E-state index in [1.54, 1.807) is 6.33 Å². The van der Waals surface area contributed by atoms with E-state index in [0.717, 1.165) is 31.0 Å². The van der Waals surface area contributed by atoms with Crippen LogP contribution >= 0.6 is 0 Å². The molecule has 6 heteroatoms. The Morgan fingerprint density at radius 1 is 1.15 bits per heavy atom. The van der Waals surface area contributed by atoms with Crippen LogP contribution in [0.15, 0.2) is 25.0 Å². The van der Waals surface area contributed by atoms with Gasteiger partial charge in [0.2, 0.25) is 0 Å². The minimum atomic E-state index is 0.587. The Morgan fingerprint density at radius 3 is 2.77 bits per heavy atom. The first kappa shape index (κ1) is 17.1. The zero-order chi connectivity index (χ0) is 17.9. The second-order valence-corrected chi connectivity index (χ2v) is 7.37. The first-order valence-corrected chi connectivity index (χ1v) is 9.77. The minimum Gasteiger partial charge on any atom is -0.369 e. The van der Waals surface area contributed by atoms with Gasteiger partial charge in [0, 0.05) is 37.2 Å². The van der Waals surface area contributed by atoms with Crippen molar-refractivity contribution in [3.63, 3.8) is 0 Å². The molecule has 1 fully saturated rings. The fourth-order valence-electron chi connectivity index (χ4n) is 4.23. The molecule has 6 nitrogen and oxygen atoms in total. The molecular formula is C20H28N6. The van der Waals surface area contributed by atoms with Gasteiger partial charge in [-0.05, 0) is 38.7 Å². The van der Waals surface area contributed by atoms with Crippen LogP contribution in [0.2, 0.25) is 0 Å². The van der Waals surface area contributed by atoms with Gasteiger partial charge in [0.05, 0.1) is 11.7 Å². The van der Waals surface area contributed by atoms with Gasteiger partial charge in [-0.25, -0.2) is 15.0 Å². The third-order valence-corrected chi connectivity index (χ3v) is 5.72. The smallest absolute Gasteiger partial charge is 0.146 e. The molecular weight excluding hydrogens is 324 g/mol. The number of hydrogen-bond acceptors (Lipinski definition) is 4. The van der Waals surface area contributed by atoms with Gasteiger partial charge in [-0.2, -0.15) is 0 Å². The standard InChI is InChI=1S/C20H28N6/c1-15-16(2)26(17-7-4-3-5-8-17)20-18(15)19(23-13-24-20)22-9-6-11-25-12-10-21-14-25/h10,12-14,17H,3-9,11H2,1-2H3,(H,22,23,24). The van der Waals surface area contributed by atoms with Gasteiger partial charge in [0.15, 0.2) is 0 Å². The molecule has 3 heterocycles. The van der Waals surface area contributed by atoms with Crippen molar-refractivity contribution in [3.8, 4) is 0 Å². The Morgan fingerprint density at radius 2 is 2.00 bits per heavy atom. The number of aryl methyl sites for hydroxylation is 2. The molecule has 0 bridgehead atoms. The van der Waals surface area contributed by atoms with Crippen LogP contribution in [0.4, 0.5) is 5.82 Å². The summed E-state index contributed by atoms with van der Waals surface area (Å²) in [5, 5.41) is 4.73. The monoisotopic (exact) mass is 352 g/mol.